The van der Waals surface area contributed by atoms with Crippen LogP contribution in [0.2, 0.25) is 5.02 Å². The zero-order chi connectivity index (χ0) is 15.7. The first-order valence-corrected chi connectivity index (χ1v) is 7.33. The number of amides is 1. The second-order valence-corrected chi connectivity index (χ2v) is 5.56. The lowest BCUT2D eigenvalue weighted by atomic mass is 10.2. The van der Waals surface area contributed by atoms with Crippen LogP contribution >= 0.6 is 11.6 Å². The molecule has 7 nitrogen and oxygen atoms in total. The third-order valence-corrected chi connectivity index (χ3v) is 3.59. The van der Waals surface area contributed by atoms with Crippen LogP contribution in [0, 0.1) is 6.92 Å². The molecule has 0 unspecified atom stereocenters. The fourth-order valence-electron chi connectivity index (χ4n) is 2.13. The molecule has 0 bridgehead atoms. The van der Waals surface area contributed by atoms with E-state index in [1.165, 1.54) is 12.3 Å². The number of ether oxygens (including phenoxy) is 1. The quantitative estimate of drug-likeness (QED) is 0.908. The van der Waals surface area contributed by atoms with E-state index in [0.717, 1.165) is 12.8 Å². The molecule has 0 radical (unpaired) electrons. The van der Waals surface area contributed by atoms with Gasteiger partial charge in [0.2, 0.25) is 5.88 Å². The standard InChI is InChI=1S/C14H15ClN4O3/c1-3-21-12-10(6-9(15)7-16-12)11(20)18-14(4-5-14)13-17-8(2)19-22-13/h6-7H,3-5H2,1-2H3,(H,18,20). The summed E-state index contributed by atoms with van der Waals surface area (Å²) in [6.45, 7) is 3.96. The number of carbonyl (C=O) groups is 1. The normalized spacial score (nSPS) is 15.4. The smallest absolute Gasteiger partial charge is 0.257 e. The monoisotopic (exact) mass is 322 g/mol. The minimum absolute atomic E-state index is 0.252. The van der Waals surface area contributed by atoms with Gasteiger partial charge in [-0.2, -0.15) is 4.98 Å². The van der Waals surface area contributed by atoms with E-state index >= 15 is 0 Å². The predicted octanol–water partition coefficient (Wildman–Crippen LogP) is 2.24. The first-order valence-electron chi connectivity index (χ1n) is 6.96. The van der Waals surface area contributed by atoms with Crippen molar-refractivity contribution >= 4 is 17.5 Å². The van der Waals surface area contributed by atoms with E-state index < -0.39 is 5.54 Å². The summed E-state index contributed by atoms with van der Waals surface area (Å²) in [5, 5.41) is 7.06. The molecule has 8 heteroatoms. The van der Waals surface area contributed by atoms with Crippen molar-refractivity contribution in [1.29, 1.82) is 0 Å². The SMILES string of the molecule is CCOc1ncc(Cl)cc1C(=O)NC1(c2nc(C)no2)CC1. The van der Waals surface area contributed by atoms with E-state index in [1.807, 2.05) is 6.92 Å². The van der Waals surface area contributed by atoms with Crippen molar-refractivity contribution in [3.63, 3.8) is 0 Å². The molecule has 22 heavy (non-hydrogen) atoms. The highest BCUT2D eigenvalue weighted by molar-refractivity contribution is 6.30. The van der Waals surface area contributed by atoms with Crippen LogP contribution < -0.4 is 10.1 Å². The second kappa shape index (κ2) is 5.57. The van der Waals surface area contributed by atoms with Crippen LogP contribution in [0.15, 0.2) is 16.8 Å². The van der Waals surface area contributed by atoms with Crippen molar-refractivity contribution in [3.05, 3.63) is 34.6 Å². The molecule has 116 valence electrons. The molecule has 1 aliphatic carbocycles. The van der Waals surface area contributed by atoms with Gasteiger partial charge in [-0.05, 0) is 32.8 Å². The fourth-order valence-corrected chi connectivity index (χ4v) is 2.29. The van der Waals surface area contributed by atoms with Crippen molar-refractivity contribution < 1.29 is 14.1 Å². The first-order chi connectivity index (χ1) is 10.5. The molecule has 1 amide bonds. The average molecular weight is 323 g/mol. The number of aromatic nitrogens is 3. The predicted molar refractivity (Wildman–Crippen MR) is 77.8 cm³/mol. The molecule has 0 aliphatic heterocycles. The molecule has 0 saturated heterocycles. The van der Waals surface area contributed by atoms with Gasteiger partial charge in [0.25, 0.3) is 11.8 Å². The molecular formula is C14H15ClN4O3. The van der Waals surface area contributed by atoms with E-state index in [4.69, 9.17) is 20.9 Å². The van der Waals surface area contributed by atoms with Crippen molar-refractivity contribution in [3.8, 4) is 5.88 Å². The summed E-state index contributed by atoms with van der Waals surface area (Å²) in [5.41, 5.74) is -0.304. The van der Waals surface area contributed by atoms with Gasteiger partial charge >= 0.3 is 0 Å². The van der Waals surface area contributed by atoms with E-state index in [-0.39, 0.29) is 17.4 Å². The number of pyridine rings is 1. The summed E-state index contributed by atoms with van der Waals surface area (Å²) in [4.78, 5) is 20.8. The Balaban J connectivity index is 1.84. The molecule has 0 spiro atoms. The Kier molecular flexibility index (Phi) is 3.74. The van der Waals surface area contributed by atoms with E-state index in [0.29, 0.717) is 23.3 Å². The van der Waals surface area contributed by atoms with Crippen molar-refractivity contribution in [2.24, 2.45) is 0 Å². The highest BCUT2D eigenvalue weighted by Crippen LogP contribution is 2.45. The number of halogens is 1. The zero-order valence-corrected chi connectivity index (χ0v) is 13.0. The summed E-state index contributed by atoms with van der Waals surface area (Å²) in [5.74, 6) is 0.884. The Labute approximate surface area is 132 Å². The Hall–Kier alpha value is -2.15. The molecular weight excluding hydrogens is 308 g/mol. The maximum atomic E-state index is 12.5. The number of hydrogen-bond donors (Lipinski definition) is 1. The molecule has 2 heterocycles. The van der Waals surface area contributed by atoms with Gasteiger partial charge in [-0.15, -0.1) is 0 Å². The summed E-state index contributed by atoms with van der Waals surface area (Å²) in [7, 11) is 0. The van der Waals surface area contributed by atoms with E-state index in [9.17, 15) is 4.79 Å². The van der Waals surface area contributed by atoms with Crippen LogP contribution in [0.1, 0.15) is 41.8 Å². The van der Waals surface area contributed by atoms with Crippen LogP contribution in [-0.4, -0.2) is 27.6 Å². The lowest BCUT2D eigenvalue weighted by molar-refractivity contribution is 0.0916. The Morgan fingerprint density at radius 2 is 2.32 bits per heavy atom. The molecule has 0 aromatic carbocycles. The zero-order valence-electron chi connectivity index (χ0n) is 12.2. The fraction of sp³-hybridized carbons (Fsp3) is 0.429. The van der Waals surface area contributed by atoms with Gasteiger partial charge in [-0.25, -0.2) is 4.98 Å². The van der Waals surface area contributed by atoms with Crippen LogP contribution in [0.3, 0.4) is 0 Å². The van der Waals surface area contributed by atoms with Gasteiger partial charge in [0.15, 0.2) is 5.82 Å². The van der Waals surface area contributed by atoms with Gasteiger partial charge in [-0.1, -0.05) is 16.8 Å². The van der Waals surface area contributed by atoms with Gasteiger partial charge in [0, 0.05) is 6.20 Å². The number of nitrogens with zero attached hydrogens (tertiary/aromatic N) is 3. The number of hydrogen-bond acceptors (Lipinski definition) is 6. The topological polar surface area (TPSA) is 90.1 Å². The lowest BCUT2D eigenvalue weighted by Crippen LogP contribution is -2.35. The average Bonchev–Trinajstić information content (AvgIpc) is 3.13. The van der Waals surface area contributed by atoms with Gasteiger partial charge in [0.05, 0.1) is 11.6 Å². The van der Waals surface area contributed by atoms with E-state index in [2.05, 4.69) is 20.4 Å². The number of aryl methyl sites for hydroxylation is 1. The largest absolute Gasteiger partial charge is 0.477 e. The minimum atomic E-state index is -0.593. The van der Waals surface area contributed by atoms with Crippen molar-refractivity contribution in [1.82, 2.24) is 20.4 Å². The molecule has 3 rings (SSSR count). The molecule has 1 fully saturated rings. The van der Waals surface area contributed by atoms with Crippen LogP contribution in [0.4, 0.5) is 0 Å². The van der Waals surface area contributed by atoms with Crippen LogP contribution in [0.5, 0.6) is 5.88 Å². The highest BCUT2D eigenvalue weighted by Gasteiger charge is 2.51. The molecule has 2 aromatic rings. The maximum Gasteiger partial charge on any atom is 0.257 e. The summed E-state index contributed by atoms with van der Waals surface area (Å²) in [6, 6.07) is 1.53. The Morgan fingerprint density at radius 3 is 2.91 bits per heavy atom. The molecule has 1 aliphatic rings. The second-order valence-electron chi connectivity index (χ2n) is 5.12. The number of carbonyl (C=O) groups excluding carboxylic acids is 1. The Bertz CT molecular complexity index is 712. The van der Waals surface area contributed by atoms with Gasteiger partial charge in [0.1, 0.15) is 11.1 Å². The first kappa shape index (κ1) is 14.8. The molecule has 1 saturated carbocycles. The number of rotatable bonds is 5. The third kappa shape index (κ3) is 2.76. The van der Waals surface area contributed by atoms with Gasteiger partial charge in [-0.3, -0.25) is 4.79 Å². The van der Waals surface area contributed by atoms with Crippen LogP contribution in [0.25, 0.3) is 0 Å². The van der Waals surface area contributed by atoms with Crippen molar-refractivity contribution in [2.45, 2.75) is 32.2 Å². The minimum Gasteiger partial charge on any atom is -0.477 e. The van der Waals surface area contributed by atoms with Crippen molar-refractivity contribution in [2.75, 3.05) is 6.61 Å². The summed E-state index contributed by atoms with van der Waals surface area (Å²) >= 11 is 5.93. The Morgan fingerprint density at radius 1 is 1.55 bits per heavy atom. The lowest BCUT2D eigenvalue weighted by Gasteiger charge is -2.14. The molecule has 2 aromatic heterocycles. The van der Waals surface area contributed by atoms with Crippen LogP contribution in [-0.2, 0) is 5.54 Å². The highest BCUT2D eigenvalue weighted by atomic mass is 35.5. The molecule has 0 atom stereocenters. The molecule has 1 N–H and O–H groups in total. The third-order valence-electron chi connectivity index (χ3n) is 3.38. The summed E-state index contributed by atoms with van der Waals surface area (Å²) < 4.78 is 10.6. The number of nitrogens with one attached hydrogen (secondary N) is 1. The van der Waals surface area contributed by atoms with Gasteiger partial charge < -0.3 is 14.6 Å². The van der Waals surface area contributed by atoms with E-state index in [1.54, 1.807) is 6.92 Å². The summed E-state index contributed by atoms with van der Waals surface area (Å²) in [6.07, 6.45) is 2.94. The maximum absolute atomic E-state index is 12.5.